The maximum absolute atomic E-state index is 12.7. The minimum absolute atomic E-state index is 0.0528. The predicted octanol–water partition coefficient (Wildman–Crippen LogP) is 1.52. The Morgan fingerprint density at radius 2 is 2.07 bits per heavy atom. The first-order chi connectivity index (χ1) is 14.7. The second-order valence-electron chi connectivity index (χ2n) is 7.05. The molecule has 0 bridgehead atoms. The summed E-state index contributed by atoms with van der Waals surface area (Å²) in [4.78, 5) is 39.3. The van der Waals surface area contributed by atoms with Gasteiger partial charge >= 0.3 is 0 Å². The molecule has 0 N–H and O–H groups in total. The number of benzene rings is 1. The van der Waals surface area contributed by atoms with Gasteiger partial charge in [0.1, 0.15) is 12.2 Å². The van der Waals surface area contributed by atoms with Crippen molar-refractivity contribution in [1.29, 1.82) is 5.26 Å². The van der Waals surface area contributed by atoms with Gasteiger partial charge in [0.2, 0.25) is 11.6 Å². The number of nitriles is 1. The van der Waals surface area contributed by atoms with Crippen molar-refractivity contribution >= 4 is 16.8 Å². The fourth-order valence-electron chi connectivity index (χ4n) is 3.55. The minimum Gasteiger partial charge on any atom is -0.470 e. The normalized spacial score (nSPS) is 16.2. The first-order valence-electron chi connectivity index (χ1n) is 9.75. The Kier molecular flexibility index (Phi) is 5.66. The first kappa shape index (κ1) is 19.5. The number of likely N-dealkylation sites (tertiary alicyclic amines) is 1. The number of carbonyl (C=O) groups excluding carboxylic acids is 1. The highest BCUT2D eigenvalue weighted by Gasteiger charge is 2.26. The topological polar surface area (TPSA) is 114 Å². The molecule has 1 fully saturated rings. The van der Waals surface area contributed by atoms with Gasteiger partial charge in [-0.1, -0.05) is 12.1 Å². The van der Waals surface area contributed by atoms with E-state index in [1.54, 1.807) is 23.1 Å². The van der Waals surface area contributed by atoms with E-state index >= 15 is 0 Å². The highest BCUT2D eigenvalue weighted by molar-refractivity contribution is 5.77. The molecule has 3 aromatic rings. The molecule has 9 nitrogen and oxygen atoms in total. The van der Waals surface area contributed by atoms with Crippen molar-refractivity contribution in [2.45, 2.75) is 31.9 Å². The Hall–Kier alpha value is -3.80. The molecule has 1 saturated heterocycles. The number of para-hydroxylation sites is 1. The van der Waals surface area contributed by atoms with E-state index in [9.17, 15) is 9.59 Å². The number of hydrogen-bond donors (Lipinski definition) is 0. The van der Waals surface area contributed by atoms with Crippen molar-refractivity contribution in [2.24, 2.45) is 0 Å². The number of fused-ring (bicyclic) bond motifs is 1. The van der Waals surface area contributed by atoms with E-state index in [2.05, 4.69) is 15.0 Å². The molecule has 1 aromatic carbocycles. The number of hydrogen-bond acceptors (Lipinski definition) is 7. The van der Waals surface area contributed by atoms with Gasteiger partial charge in [-0.3, -0.25) is 14.2 Å². The number of aromatic nitrogens is 4. The lowest BCUT2D eigenvalue weighted by molar-refractivity contribution is -0.134. The quantitative estimate of drug-likeness (QED) is 0.633. The summed E-state index contributed by atoms with van der Waals surface area (Å²) >= 11 is 0. The number of ether oxygens (including phenoxy) is 1. The van der Waals surface area contributed by atoms with Gasteiger partial charge in [0.25, 0.3) is 11.4 Å². The van der Waals surface area contributed by atoms with Crippen LogP contribution >= 0.6 is 0 Å². The van der Waals surface area contributed by atoms with Gasteiger partial charge in [0.15, 0.2) is 0 Å². The summed E-state index contributed by atoms with van der Waals surface area (Å²) in [5, 5.41) is 9.66. The zero-order chi connectivity index (χ0) is 20.9. The van der Waals surface area contributed by atoms with Gasteiger partial charge < -0.3 is 9.64 Å². The van der Waals surface area contributed by atoms with Crippen LogP contribution < -0.4 is 10.3 Å². The molecule has 1 aliphatic heterocycles. The molecule has 0 spiro atoms. The van der Waals surface area contributed by atoms with Crippen LogP contribution in [0.1, 0.15) is 25.0 Å². The Balaban J connectivity index is 1.38. The van der Waals surface area contributed by atoms with E-state index in [1.165, 1.54) is 23.3 Å². The number of rotatable bonds is 5. The highest BCUT2D eigenvalue weighted by atomic mass is 16.5. The average molecular weight is 404 g/mol. The minimum atomic E-state index is -0.253. The van der Waals surface area contributed by atoms with Crippen molar-refractivity contribution in [1.82, 2.24) is 24.4 Å². The Labute approximate surface area is 172 Å². The first-order valence-corrected chi connectivity index (χ1v) is 9.75. The van der Waals surface area contributed by atoms with Gasteiger partial charge in [0.05, 0.1) is 23.8 Å². The second-order valence-corrected chi connectivity index (χ2v) is 7.05. The summed E-state index contributed by atoms with van der Waals surface area (Å²) < 4.78 is 7.30. The Morgan fingerprint density at radius 3 is 2.93 bits per heavy atom. The lowest BCUT2D eigenvalue weighted by Crippen LogP contribution is -2.45. The number of amides is 1. The van der Waals surface area contributed by atoms with Gasteiger partial charge in [-0.15, -0.1) is 0 Å². The third-order valence-corrected chi connectivity index (χ3v) is 5.08. The maximum Gasteiger partial charge on any atom is 0.261 e. The smallest absolute Gasteiger partial charge is 0.261 e. The zero-order valence-electron chi connectivity index (χ0n) is 16.3. The summed E-state index contributed by atoms with van der Waals surface area (Å²) in [6, 6.07) is 9.11. The molecule has 0 radical (unpaired) electrons. The Bertz CT molecular complexity index is 1170. The van der Waals surface area contributed by atoms with E-state index in [0.29, 0.717) is 24.0 Å². The molecule has 0 saturated carbocycles. The number of aryl methyl sites for hydroxylation is 1. The SMILES string of the molecule is N#Cc1nccnc1OC1CCCN(C(=O)CCn2cnc3ccccc3c2=O)C1. The van der Waals surface area contributed by atoms with Crippen LogP contribution in [0.25, 0.3) is 10.9 Å². The maximum atomic E-state index is 12.7. The third kappa shape index (κ3) is 4.12. The van der Waals surface area contributed by atoms with Crippen LogP contribution in [0, 0.1) is 11.3 Å². The molecule has 4 rings (SSSR count). The lowest BCUT2D eigenvalue weighted by atomic mass is 10.1. The summed E-state index contributed by atoms with van der Waals surface area (Å²) in [7, 11) is 0. The second kappa shape index (κ2) is 8.69. The summed E-state index contributed by atoms with van der Waals surface area (Å²) in [6.07, 6.45) is 5.88. The molecule has 3 heterocycles. The summed E-state index contributed by atoms with van der Waals surface area (Å²) in [5.41, 5.74) is 0.617. The van der Waals surface area contributed by atoms with E-state index in [1.807, 2.05) is 12.1 Å². The van der Waals surface area contributed by atoms with Crippen LogP contribution in [-0.2, 0) is 11.3 Å². The van der Waals surface area contributed by atoms with Crippen LogP contribution in [0.4, 0.5) is 0 Å². The fourth-order valence-corrected chi connectivity index (χ4v) is 3.55. The third-order valence-electron chi connectivity index (χ3n) is 5.08. The van der Waals surface area contributed by atoms with Crippen LogP contribution in [0.5, 0.6) is 5.88 Å². The molecule has 30 heavy (non-hydrogen) atoms. The van der Waals surface area contributed by atoms with Crippen LogP contribution in [0.2, 0.25) is 0 Å². The monoisotopic (exact) mass is 404 g/mol. The lowest BCUT2D eigenvalue weighted by Gasteiger charge is -2.32. The van der Waals surface area contributed by atoms with Gasteiger partial charge in [-0.25, -0.2) is 15.0 Å². The van der Waals surface area contributed by atoms with E-state index in [0.717, 1.165) is 12.8 Å². The zero-order valence-corrected chi connectivity index (χ0v) is 16.3. The van der Waals surface area contributed by atoms with E-state index in [-0.39, 0.29) is 42.1 Å². The van der Waals surface area contributed by atoms with Gasteiger partial charge in [0, 0.05) is 31.9 Å². The van der Waals surface area contributed by atoms with E-state index < -0.39 is 0 Å². The number of piperidine rings is 1. The standard InChI is InChI=1S/C21H20N6O3/c22-12-18-20(24-9-8-23-18)30-15-4-3-10-26(13-15)19(28)7-11-27-14-25-17-6-2-1-5-16(17)21(27)29/h1-2,5-6,8-9,14-15H,3-4,7,10-11,13H2. The molecule has 9 heteroatoms. The molecule has 1 unspecified atom stereocenters. The van der Waals surface area contributed by atoms with Crippen LogP contribution in [-0.4, -0.2) is 49.5 Å². The highest BCUT2D eigenvalue weighted by Crippen LogP contribution is 2.19. The molecule has 152 valence electrons. The number of carbonyl (C=O) groups is 1. The largest absolute Gasteiger partial charge is 0.470 e. The van der Waals surface area contributed by atoms with Gasteiger partial charge in [-0.2, -0.15) is 5.26 Å². The van der Waals surface area contributed by atoms with Gasteiger partial charge in [-0.05, 0) is 25.0 Å². The van der Waals surface area contributed by atoms with Crippen LogP contribution in [0.3, 0.4) is 0 Å². The molecule has 1 atom stereocenters. The predicted molar refractivity (Wildman–Crippen MR) is 108 cm³/mol. The van der Waals surface area contributed by atoms with E-state index in [4.69, 9.17) is 10.00 Å². The fraction of sp³-hybridized carbons (Fsp3) is 0.333. The summed E-state index contributed by atoms with van der Waals surface area (Å²) in [6.45, 7) is 1.31. The van der Waals surface area contributed by atoms with Crippen molar-refractivity contribution in [3.05, 3.63) is 59.0 Å². The van der Waals surface area contributed by atoms with Crippen molar-refractivity contribution in [3.8, 4) is 11.9 Å². The molecule has 2 aromatic heterocycles. The average Bonchev–Trinajstić information content (AvgIpc) is 2.79. The number of nitrogens with zero attached hydrogens (tertiary/aromatic N) is 6. The summed E-state index contributed by atoms with van der Waals surface area (Å²) in [5.74, 6) is 0.135. The molecule has 0 aliphatic carbocycles. The molecular formula is C21H20N6O3. The molecule has 1 aliphatic rings. The van der Waals surface area contributed by atoms with Crippen molar-refractivity contribution < 1.29 is 9.53 Å². The Morgan fingerprint density at radius 1 is 1.23 bits per heavy atom. The van der Waals surface area contributed by atoms with Crippen LogP contribution in [0.15, 0.2) is 47.8 Å². The molecular weight excluding hydrogens is 384 g/mol. The van der Waals surface area contributed by atoms with Crippen molar-refractivity contribution in [3.63, 3.8) is 0 Å². The van der Waals surface area contributed by atoms with Crippen molar-refractivity contribution in [2.75, 3.05) is 13.1 Å². The molecule has 1 amide bonds.